The van der Waals surface area contributed by atoms with E-state index < -0.39 is 23.5 Å². The number of aromatic nitrogens is 1. The molecule has 1 heterocycles. The highest BCUT2D eigenvalue weighted by molar-refractivity contribution is 6.29. The number of carbonyl (C=O) groups excluding carboxylic acids is 2. The van der Waals surface area contributed by atoms with Crippen LogP contribution < -0.4 is 5.32 Å². The lowest BCUT2D eigenvalue weighted by molar-refractivity contribution is -0.130. The summed E-state index contributed by atoms with van der Waals surface area (Å²) in [6.45, 7) is 1.48. The number of nitrogens with one attached hydrogen (secondary N) is 1. The molecule has 1 saturated carbocycles. The van der Waals surface area contributed by atoms with Crippen LogP contribution in [-0.2, 0) is 9.53 Å². The maximum Gasteiger partial charge on any atom is 0.340 e. The predicted octanol–water partition coefficient (Wildman–Crippen LogP) is 2.62. The second-order valence-electron chi connectivity index (χ2n) is 5.66. The monoisotopic (exact) mass is 335 g/mol. The SMILES string of the molecule is C[C@@H](OC(=O)c1ccc(Cl)nc1)C(=O)NC1(C#N)CCCCC1. The second kappa shape index (κ2) is 7.42. The Morgan fingerprint density at radius 2 is 2.09 bits per heavy atom. The Bertz CT molecular complexity index is 618. The summed E-state index contributed by atoms with van der Waals surface area (Å²) in [5, 5.41) is 12.4. The lowest BCUT2D eigenvalue weighted by Gasteiger charge is -2.32. The third kappa shape index (κ3) is 4.42. The molecule has 0 saturated heterocycles. The number of carbonyl (C=O) groups is 2. The minimum absolute atomic E-state index is 0.210. The highest BCUT2D eigenvalue weighted by Gasteiger charge is 2.35. The van der Waals surface area contributed by atoms with E-state index in [4.69, 9.17) is 16.3 Å². The van der Waals surface area contributed by atoms with E-state index in [9.17, 15) is 14.9 Å². The minimum Gasteiger partial charge on any atom is -0.449 e. The summed E-state index contributed by atoms with van der Waals surface area (Å²) in [5.74, 6) is -1.13. The van der Waals surface area contributed by atoms with Crippen LogP contribution in [0.3, 0.4) is 0 Å². The van der Waals surface area contributed by atoms with E-state index in [2.05, 4.69) is 16.4 Å². The average molecular weight is 336 g/mol. The average Bonchev–Trinajstić information content (AvgIpc) is 2.56. The molecule has 2 rings (SSSR count). The summed E-state index contributed by atoms with van der Waals surface area (Å²) in [4.78, 5) is 28.0. The molecule has 0 aliphatic heterocycles. The lowest BCUT2D eigenvalue weighted by Crippen LogP contribution is -2.52. The van der Waals surface area contributed by atoms with Crippen LogP contribution in [-0.4, -0.2) is 28.5 Å². The molecule has 1 aliphatic carbocycles. The van der Waals surface area contributed by atoms with Crippen molar-refractivity contribution in [2.24, 2.45) is 0 Å². The van der Waals surface area contributed by atoms with Crippen LogP contribution in [0.5, 0.6) is 0 Å². The number of halogens is 1. The zero-order valence-electron chi connectivity index (χ0n) is 12.8. The van der Waals surface area contributed by atoms with Crippen LogP contribution in [0.2, 0.25) is 5.15 Å². The van der Waals surface area contributed by atoms with Crippen molar-refractivity contribution in [3.8, 4) is 6.07 Å². The van der Waals surface area contributed by atoms with Crippen molar-refractivity contribution in [3.05, 3.63) is 29.0 Å². The number of ether oxygens (including phenoxy) is 1. The van der Waals surface area contributed by atoms with Crippen LogP contribution in [0.25, 0.3) is 0 Å². The first-order chi connectivity index (χ1) is 11.0. The van der Waals surface area contributed by atoms with E-state index in [-0.39, 0.29) is 10.7 Å². The lowest BCUT2D eigenvalue weighted by atomic mass is 9.83. The first-order valence-electron chi connectivity index (χ1n) is 7.51. The van der Waals surface area contributed by atoms with Gasteiger partial charge in [0.15, 0.2) is 6.10 Å². The van der Waals surface area contributed by atoms with Gasteiger partial charge in [0.25, 0.3) is 5.91 Å². The number of nitrogens with zero attached hydrogens (tertiary/aromatic N) is 2. The maximum atomic E-state index is 12.2. The molecular weight excluding hydrogens is 318 g/mol. The molecule has 7 heteroatoms. The standard InChI is InChI=1S/C16H18ClN3O3/c1-11(23-15(22)12-5-6-13(17)19-9-12)14(21)20-16(10-18)7-3-2-4-8-16/h5-6,9,11H,2-4,7-8H2,1H3,(H,20,21)/t11-/m1/s1. The molecule has 1 fully saturated rings. The van der Waals surface area contributed by atoms with Crippen molar-refractivity contribution in [2.45, 2.75) is 50.7 Å². The molecule has 122 valence electrons. The highest BCUT2D eigenvalue weighted by Crippen LogP contribution is 2.27. The van der Waals surface area contributed by atoms with Gasteiger partial charge >= 0.3 is 5.97 Å². The van der Waals surface area contributed by atoms with Gasteiger partial charge in [0.2, 0.25) is 0 Å². The van der Waals surface area contributed by atoms with Crippen molar-refractivity contribution in [2.75, 3.05) is 0 Å². The summed E-state index contributed by atoms with van der Waals surface area (Å²) in [6, 6.07) is 5.14. The van der Waals surface area contributed by atoms with Gasteiger partial charge in [-0.1, -0.05) is 30.9 Å². The molecule has 0 radical (unpaired) electrons. The highest BCUT2D eigenvalue weighted by atomic mass is 35.5. The predicted molar refractivity (Wildman–Crippen MR) is 83.7 cm³/mol. The zero-order chi connectivity index (χ0) is 16.9. The number of pyridine rings is 1. The van der Waals surface area contributed by atoms with Gasteiger partial charge in [0.1, 0.15) is 10.7 Å². The van der Waals surface area contributed by atoms with E-state index in [1.54, 1.807) is 0 Å². The minimum atomic E-state index is -0.995. The Morgan fingerprint density at radius 1 is 1.39 bits per heavy atom. The molecule has 0 bridgehead atoms. The Balaban J connectivity index is 1.95. The molecule has 1 aromatic rings. The molecule has 0 spiro atoms. The fourth-order valence-electron chi connectivity index (χ4n) is 2.54. The summed E-state index contributed by atoms with van der Waals surface area (Å²) >= 11 is 5.65. The molecule has 1 aliphatic rings. The Labute approximate surface area is 139 Å². The van der Waals surface area contributed by atoms with E-state index in [1.807, 2.05) is 0 Å². The van der Waals surface area contributed by atoms with Gasteiger partial charge in [0.05, 0.1) is 11.6 Å². The fourth-order valence-corrected chi connectivity index (χ4v) is 2.65. The summed E-state index contributed by atoms with van der Waals surface area (Å²) in [5.41, 5.74) is -0.639. The largest absolute Gasteiger partial charge is 0.449 e. The topological polar surface area (TPSA) is 92.1 Å². The van der Waals surface area contributed by atoms with Crippen molar-refractivity contribution in [1.82, 2.24) is 10.3 Å². The molecular formula is C16H18ClN3O3. The molecule has 6 nitrogen and oxygen atoms in total. The van der Waals surface area contributed by atoms with Crippen LogP contribution in [0.15, 0.2) is 18.3 Å². The summed E-state index contributed by atoms with van der Waals surface area (Å²) in [6.07, 6.45) is 4.40. The van der Waals surface area contributed by atoms with Crippen molar-refractivity contribution < 1.29 is 14.3 Å². The third-order valence-corrected chi connectivity index (χ3v) is 4.12. The zero-order valence-corrected chi connectivity index (χ0v) is 13.6. The molecule has 0 unspecified atom stereocenters. The Hall–Kier alpha value is -2.13. The number of nitriles is 1. The van der Waals surface area contributed by atoms with Crippen molar-refractivity contribution in [1.29, 1.82) is 5.26 Å². The molecule has 1 atom stereocenters. The maximum absolute atomic E-state index is 12.2. The number of rotatable bonds is 4. The van der Waals surface area contributed by atoms with Gasteiger partial charge in [-0.15, -0.1) is 0 Å². The fraction of sp³-hybridized carbons (Fsp3) is 0.500. The van der Waals surface area contributed by atoms with Crippen molar-refractivity contribution >= 4 is 23.5 Å². The van der Waals surface area contributed by atoms with Gasteiger partial charge in [-0.25, -0.2) is 9.78 Å². The van der Waals surface area contributed by atoms with Gasteiger partial charge in [-0.05, 0) is 31.9 Å². The molecule has 1 N–H and O–H groups in total. The number of hydrogen-bond donors (Lipinski definition) is 1. The molecule has 1 aromatic heterocycles. The van der Waals surface area contributed by atoms with Crippen LogP contribution in [0, 0.1) is 11.3 Å². The summed E-state index contributed by atoms with van der Waals surface area (Å²) < 4.78 is 5.13. The van der Waals surface area contributed by atoms with Gasteiger partial charge in [-0.3, -0.25) is 4.79 Å². The van der Waals surface area contributed by atoms with Crippen molar-refractivity contribution in [3.63, 3.8) is 0 Å². The van der Waals surface area contributed by atoms with Crippen LogP contribution in [0.1, 0.15) is 49.4 Å². The van der Waals surface area contributed by atoms with Crippen LogP contribution in [0.4, 0.5) is 0 Å². The smallest absolute Gasteiger partial charge is 0.340 e. The van der Waals surface area contributed by atoms with Gasteiger partial charge < -0.3 is 10.1 Å². The number of hydrogen-bond acceptors (Lipinski definition) is 5. The second-order valence-corrected chi connectivity index (χ2v) is 6.05. The van der Waals surface area contributed by atoms with Gasteiger partial charge in [0, 0.05) is 6.20 Å². The summed E-state index contributed by atoms with van der Waals surface area (Å²) in [7, 11) is 0. The van der Waals surface area contributed by atoms with Gasteiger partial charge in [-0.2, -0.15) is 5.26 Å². The first kappa shape index (κ1) is 17.2. The number of esters is 1. The normalized spacial score (nSPS) is 17.6. The van der Waals surface area contributed by atoms with E-state index in [0.29, 0.717) is 12.8 Å². The van der Waals surface area contributed by atoms with Crippen LogP contribution >= 0.6 is 11.6 Å². The molecule has 0 aromatic carbocycles. The number of amides is 1. The Morgan fingerprint density at radius 3 is 2.65 bits per heavy atom. The Kier molecular flexibility index (Phi) is 5.56. The van der Waals surface area contributed by atoms with E-state index in [0.717, 1.165) is 19.3 Å². The molecule has 1 amide bonds. The quantitative estimate of drug-likeness (QED) is 0.674. The third-order valence-electron chi connectivity index (χ3n) is 3.90. The molecule has 23 heavy (non-hydrogen) atoms. The van der Waals surface area contributed by atoms with E-state index in [1.165, 1.54) is 25.3 Å². The van der Waals surface area contributed by atoms with E-state index >= 15 is 0 Å². The first-order valence-corrected chi connectivity index (χ1v) is 7.89.